The van der Waals surface area contributed by atoms with Crippen molar-refractivity contribution < 1.29 is 36.6 Å². The first-order valence-corrected chi connectivity index (χ1v) is 14.8. The molecule has 0 atom stereocenters. The number of hydrogen-bond donors (Lipinski definition) is 3. The Morgan fingerprint density at radius 3 is 2.41 bits per heavy atom. The summed E-state index contributed by atoms with van der Waals surface area (Å²) in [6, 6.07) is 7.31. The lowest BCUT2D eigenvalue weighted by Crippen LogP contribution is -2.33. The summed E-state index contributed by atoms with van der Waals surface area (Å²) in [5, 5.41) is 8.82. The van der Waals surface area contributed by atoms with E-state index in [-0.39, 0.29) is 17.2 Å². The van der Waals surface area contributed by atoms with Gasteiger partial charge in [0.25, 0.3) is 5.91 Å². The Kier molecular flexibility index (Phi) is 11.0. The van der Waals surface area contributed by atoms with Crippen molar-refractivity contribution in [1.82, 2.24) is 25.0 Å². The van der Waals surface area contributed by atoms with E-state index in [1.54, 1.807) is 32.9 Å². The monoisotopic (exact) mass is 644 g/mol. The van der Waals surface area contributed by atoms with E-state index in [0.717, 1.165) is 37.0 Å². The molecule has 46 heavy (non-hydrogen) atoms. The van der Waals surface area contributed by atoms with Gasteiger partial charge in [-0.3, -0.25) is 9.20 Å². The summed E-state index contributed by atoms with van der Waals surface area (Å²) in [5.41, 5.74) is 1.67. The van der Waals surface area contributed by atoms with Gasteiger partial charge in [-0.05, 0) is 82.3 Å². The number of amides is 2. The van der Waals surface area contributed by atoms with Gasteiger partial charge in [0.2, 0.25) is 5.82 Å². The molecule has 4 aromatic rings. The summed E-state index contributed by atoms with van der Waals surface area (Å²) in [6.07, 6.45) is 6.70. The summed E-state index contributed by atoms with van der Waals surface area (Å²) < 4.78 is 65.0. The number of carbonyl (C=O) groups excluding carboxylic acids is 2. The number of nitrogens with one attached hydrogen (secondary N) is 3. The lowest BCUT2D eigenvalue weighted by molar-refractivity contribution is -0.0525. The fourth-order valence-electron chi connectivity index (χ4n) is 4.67. The number of rotatable bonds is 13. The number of anilines is 2. The number of fused-ring (bicyclic) bond motifs is 1. The molecule has 0 saturated carbocycles. The van der Waals surface area contributed by atoms with Gasteiger partial charge in [0.15, 0.2) is 23.0 Å². The molecule has 2 aromatic carbocycles. The molecule has 0 fully saturated rings. The summed E-state index contributed by atoms with van der Waals surface area (Å²) >= 11 is 0. The first kappa shape index (κ1) is 34.0. The van der Waals surface area contributed by atoms with Gasteiger partial charge in [-0.2, -0.15) is 13.2 Å². The van der Waals surface area contributed by atoms with Gasteiger partial charge in [0, 0.05) is 42.3 Å². The number of halogens is 4. The molecule has 14 heteroatoms. The van der Waals surface area contributed by atoms with Crippen LogP contribution in [-0.2, 0) is 11.2 Å². The van der Waals surface area contributed by atoms with Crippen LogP contribution >= 0.6 is 0 Å². The van der Waals surface area contributed by atoms with Crippen molar-refractivity contribution in [3.8, 4) is 17.0 Å². The molecule has 2 aromatic heterocycles. The van der Waals surface area contributed by atoms with E-state index in [4.69, 9.17) is 4.74 Å². The summed E-state index contributed by atoms with van der Waals surface area (Å²) in [5.74, 6) is -3.69. The maximum absolute atomic E-state index is 14.8. The minimum Gasteiger partial charge on any atom is -0.444 e. The van der Waals surface area contributed by atoms with Crippen molar-refractivity contribution in [2.24, 2.45) is 0 Å². The van der Waals surface area contributed by atoms with Crippen LogP contribution in [0.25, 0.3) is 16.9 Å². The molecule has 0 aliphatic rings. The maximum atomic E-state index is 14.8. The lowest BCUT2D eigenvalue weighted by Gasteiger charge is -2.19. The van der Waals surface area contributed by atoms with Crippen LogP contribution in [0.1, 0.15) is 62.9 Å². The number of benzene rings is 2. The number of aryl methyl sites for hydroxylation is 1. The molecule has 4 rings (SSSR count). The van der Waals surface area contributed by atoms with Gasteiger partial charge in [0.1, 0.15) is 5.60 Å². The third-order valence-electron chi connectivity index (χ3n) is 6.77. The zero-order chi connectivity index (χ0) is 33.4. The maximum Gasteiger partial charge on any atom is 0.407 e. The average molecular weight is 645 g/mol. The highest BCUT2D eigenvalue weighted by atomic mass is 19.3. The topological polar surface area (TPSA) is 119 Å². The van der Waals surface area contributed by atoms with Crippen molar-refractivity contribution >= 4 is 29.2 Å². The van der Waals surface area contributed by atoms with Gasteiger partial charge in [-0.25, -0.2) is 19.2 Å². The number of nitrogens with zero attached hydrogens (tertiary/aromatic N) is 3. The molecule has 0 spiro atoms. The molecule has 0 aliphatic carbocycles. The molecular formula is C32H36F4N6O4. The second-order valence-electron chi connectivity index (χ2n) is 11.3. The van der Waals surface area contributed by atoms with Crippen molar-refractivity contribution in [3.63, 3.8) is 0 Å². The normalized spacial score (nSPS) is 11.5. The Bertz CT molecular complexity index is 1690. The molecule has 2 heterocycles. The molecule has 3 N–H and O–H groups in total. The van der Waals surface area contributed by atoms with Crippen molar-refractivity contribution in [2.75, 3.05) is 18.4 Å². The number of carbonyl (C=O) groups is 2. The Hall–Kier alpha value is -4.88. The molecular weight excluding hydrogens is 608 g/mol. The van der Waals surface area contributed by atoms with Crippen LogP contribution in [0.4, 0.5) is 33.9 Å². The number of hydrogen-bond acceptors (Lipinski definition) is 7. The smallest absolute Gasteiger partial charge is 0.407 e. The van der Waals surface area contributed by atoms with E-state index in [1.165, 1.54) is 23.0 Å². The molecule has 0 radical (unpaired) electrons. The van der Waals surface area contributed by atoms with Crippen molar-refractivity contribution in [1.29, 1.82) is 0 Å². The number of imidazole rings is 1. The van der Waals surface area contributed by atoms with Crippen LogP contribution < -0.4 is 20.7 Å². The van der Waals surface area contributed by atoms with Crippen molar-refractivity contribution in [2.45, 2.75) is 65.6 Å². The average Bonchev–Trinajstić information content (AvgIpc) is 3.42. The summed E-state index contributed by atoms with van der Waals surface area (Å²) in [4.78, 5) is 33.3. The zero-order valence-electron chi connectivity index (χ0n) is 25.9. The predicted molar refractivity (Wildman–Crippen MR) is 164 cm³/mol. The van der Waals surface area contributed by atoms with Crippen molar-refractivity contribution in [3.05, 3.63) is 71.7 Å². The first-order chi connectivity index (χ1) is 21.9. The molecule has 10 nitrogen and oxygen atoms in total. The third-order valence-corrected chi connectivity index (χ3v) is 6.77. The molecule has 2 amide bonds. The SMILES string of the molecule is CCc1cc(Nc2nccn3c(-c4ccc(OC(F)F)c(F)c4F)cnc23)ccc1C(=O)NCCCCCNC(=O)OC(C)(C)C. The number of ether oxygens (including phenoxy) is 2. The van der Waals surface area contributed by atoms with Gasteiger partial charge in [0.05, 0.1) is 11.9 Å². The van der Waals surface area contributed by atoms with E-state index < -0.39 is 35.7 Å². The van der Waals surface area contributed by atoms with E-state index >= 15 is 0 Å². The Morgan fingerprint density at radius 2 is 1.72 bits per heavy atom. The fraction of sp³-hybridized carbons (Fsp3) is 0.375. The molecule has 0 aliphatic heterocycles. The van der Waals surface area contributed by atoms with Crippen LogP contribution in [0.5, 0.6) is 5.75 Å². The number of unbranched alkanes of at least 4 members (excludes halogenated alkanes) is 2. The first-order valence-electron chi connectivity index (χ1n) is 14.8. The summed E-state index contributed by atoms with van der Waals surface area (Å²) in [6.45, 7) is 5.00. The quantitative estimate of drug-likeness (QED) is 0.106. The zero-order valence-corrected chi connectivity index (χ0v) is 25.9. The highest BCUT2D eigenvalue weighted by molar-refractivity contribution is 5.96. The molecule has 0 unspecified atom stereocenters. The van der Waals surface area contributed by atoms with E-state index in [0.29, 0.717) is 42.2 Å². The molecule has 0 bridgehead atoms. The van der Waals surface area contributed by atoms with E-state index in [2.05, 4.69) is 30.7 Å². The van der Waals surface area contributed by atoms with Gasteiger partial charge < -0.3 is 25.4 Å². The molecule has 246 valence electrons. The largest absolute Gasteiger partial charge is 0.444 e. The summed E-state index contributed by atoms with van der Waals surface area (Å²) in [7, 11) is 0. The number of aromatic nitrogens is 3. The van der Waals surface area contributed by atoms with E-state index in [9.17, 15) is 27.2 Å². The Balaban J connectivity index is 1.38. The van der Waals surface area contributed by atoms with Crippen LogP contribution in [0.2, 0.25) is 0 Å². The van der Waals surface area contributed by atoms with E-state index in [1.807, 2.05) is 13.0 Å². The Labute approximate surface area is 263 Å². The van der Waals surface area contributed by atoms with Crippen LogP contribution in [-0.4, -0.2) is 51.7 Å². The third kappa shape index (κ3) is 8.64. The lowest BCUT2D eigenvalue weighted by atomic mass is 10.0. The minimum absolute atomic E-state index is 0.168. The van der Waals surface area contributed by atoms with Gasteiger partial charge in [-0.15, -0.1) is 0 Å². The predicted octanol–water partition coefficient (Wildman–Crippen LogP) is 7.01. The number of alkyl halides is 2. The second-order valence-corrected chi connectivity index (χ2v) is 11.3. The van der Waals surface area contributed by atoms with Crippen LogP contribution in [0, 0.1) is 11.6 Å². The highest BCUT2D eigenvalue weighted by Gasteiger charge is 2.21. The Morgan fingerprint density at radius 1 is 0.978 bits per heavy atom. The fourth-order valence-corrected chi connectivity index (χ4v) is 4.67. The standard InChI is InChI=1S/C32H36F4N6O4/c1-5-19-17-20(9-10-21(19)29(43)38-13-7-6-8-14-39-31(44)46-32(2,3)4)41-27-28-40-18-23(42(28)16-15-37-27)22-11-12-24(45-30(35)36)26(34)25(22)33/h9-12,15-18,30H,5-8,13-14H2,1-4H3,(H,37,41)(H,38,43)(H,39,44). The van der Waals surface area contributed by atoms with Gasteiger partial charge >= 0.3 is 12.7 Å². The van der Waals surface area contributed by atoms with Crippen LogP contribution in [0.15, 0.2) is 48.9 Å². The minimum atomic E-state index is -3.30. The van der Waals surface area contributed by atoms with Crippen LogP contribution in [0.3, 0.4) is 0 Å². The van der Waals surface area contributed by atoms with Gasteiger partial charge in [-0.1, -0.05) is 6.92 Å². The number of alkyl carbamates (subject to hydrolysis) is 1. The molecule has 0 saturated heterocycles. The highest BCUT2D eigenvalue weighted by Crippen LogP contribution is 2.32. The second kappa shape index (κ2) is 14.9.